The molecule has 6 atom stereocenters. The average molecular weight is 300 g/mol. The molecule has 0 aliphatic heterocycles. The molecule has 0 N–H and O–H groups in total. The lowest BCUT2D eigenvalue weighted by Crippen LogP contribution is -2.53. The predicted molar refractivity (Wildman–Crippen MR) is 91.0 cm³/mol. The molecule has 4 saturated carbocycles. The number of nitrogens with zero attached hydrogens (tertiary/aromatic N) is 1. The predicted octanol–water partition coefficient (Wildman–Crippen LogP) is 3.81. The van der Waals surface area contributed by atoms with Gasteiger partial charge in [-0.2, -0.15) is 0 Å². The first-order chi connectivity index (χ1) is 10.5. The number of hydrogen-bond acceptors (Lipinski definition) is 1. The zero-order valence-corrected chi connectivity index (χ0v) is 14.2. The van der Waals surface area contributed by atoms with E-state index in [0.29, 0.717) is 22.5 Å². The van der Waals surface area contributed by atoms with Gasteiger partial charge in [0, 0.05) is 19.3 Å². The van der Waals surface area contributed by atoms with Gasteiger partial charge in [0.05, 0.1) is 5.41 Å². The second-order valence-corrected chi connectivity index (χ2v) is 9.00. The van der Waals surface area contributed by atoms with Gasteiger partial charge in [-0.15, -0.1) is 4.67 Å². The van der Waals surface area contributed by atoms with Gasteiger partial charge in [0.2, 0.25) is 0 Å². The van der Waals surface area contributed by atoms with Gasteiger partial charge < -0.3 is 0 Å². The van der Waals surface area contributed by atoms with Crippen molar-refractivity contribution in [2.45, 2.75) is 71.6 Å². The molecule has 3 unspecified atom stereocenters. The molecular formula is C20H30NO+. The van der Waals surface area contributed by atoms with Crippen molar-refractivity contribution in [3.63, 3.8) is 0 Å². The van der Waals surface area contributed by atoms with Gasteiger partial charge in [0.15, 0.2) is 0 Å². The number of carbonyl (C=O) groups excluding carboxylic acids is 1. The summed E-state index contributed by atoms with van der Waals surface area (Å²) in [7, 11) is 0. The summed E-state index contributed by atoms with van der Waals surface area (Å²) in [5.74, 6) is 3.73. The van der Waals surface area contributed by atoms with Gasteiger partial charge >= 0.3 is 0 Å². The normalized spacial score (nSPS) is 50.8. The molecule has 4 aliphatic carbocycles. The molecular weight excluding hydrogens is 270 g/mol. The van der Waals surface area contributed by atoms with Crippen LogP contribution in [0.5, 0.6) is 0 Å². The third-order valence-corrected chi connectivity index (χ3v) is 8.41. The Bertz CT molecular complexity index is 560. The summed E-state index contributed by atoms with van der Waals surface area (Å²) in [5, 5.41) is 0. The van der Waals surface area contributed by atoms with Crippen molar-refractivity contribution < 1.29 is 4.79 Å². The molecule has 22 heavy (non-hydrogen) atoms. The number of Topliss-reactive ketones (excluding diaryl/α,β-unsaturated/α-hetero) is 1. The maximum Gasteiger partial charge on any atom is 0.285 e. The number of ketones is 1. The highest BCUT2D eigenvalue weighted by atomic mass is 16.1. The second-order valence-electron chi connectivity index (χ2n) is 9.00. The number of carbonyl (C=O) groups is 1. The highest BCUT2D eigenvalue weighted by Crippen LogP contribution is 2.65. The lowest BCUT2D eigenvalue weighted by molar-refractivity contribution is -0.136. The molecule has 4 rings (SSSR count). The summed E-state index contributed by atoms with van der Waals surface area (Å²) in [6.45, 7) is 8.83. The van der Waals surface area contributed by atoms with Gasteiger partial charge in [-0.1, -0.05) is 6.92 Å². The van der Waals surface area contributed by atoms with Crippen LogP contribution < -0.4 is 4.67 Å². The van der Waals surface area contributed by atoms with Gasteiger partial charge in [0.1, 0.15) is 5.78 Å². The van der Waals surface area contributed by atoms with Gasteiger partial charge in [-0.3, -0.25) is 4.79 Å². The van der Waals surface area contributed by atoms with Gasteiger partial charge in [0.25, 0.3) is 12.4 Å². The zero-order chi connectivity index (χ0) is 15.5. The van der Waals surface area contributed by atoms with Crippen LogP contribution in [-0.4, -0.2) is 18.2 Å². The Hall–Kier alpha value is -0.880. The van der Waals surface area contributed by atoms with Crippen molar-refractivity contribution in [2.24, 2.45) is 34.5 Å². The van der Waals surface area contributed by atoms with Crippen molar-refractivity contribution in [1.82, 2.24) is 4.67 Å². The molecule has 0 spiro atoms. The first-order valence-electron chi connectivity index (χ1n) is 9.34. The van der Waals surface area contributed by atoms with Crippen LogP contribution in [0.2, 0.25) is 0 Å². The van der Waals surface area contributed by atoms with Crippen molar-refractivity contribution in [3.8, 4) is 0 Å². The number of hydrogen-bond donors (Lipinski definition) is 0. The van der Waals surface area contributed by atoms with Crippen LogP contribution in [-0.2, 0) is 4.79 Å². The Morgan fingerprint density at radius 3 is 2.64 bits per heavy atom. The van der Waals surface area contributed by atoms with Crippen LogP contribution in [0.4, 0.5) is 0 Å². The van der Waals surface area contributed by atoms with E-state index in [-0.39, 0.29) is 0 Å². The van der Waals surface area contributed by atoms with E-state index < -0.39 is 0 Å². The van der Waals surface area contributed by atoms with Crippen molar-refractivity contribution in [3.05, 3.63) is 0 Å². The molecule has 4 fully saturated rings. The highest BCUT2D eigenvalue weighted by molar-refractivity contribution is 5.92. The van der Waals surface area contributed by atoms with Crippen LogP contribution in [0.3, 0.4) is 0 Å². The first kappa shape index (κ1) is 14.7. The van der Waals surface area contributed by atoms with E-state index in [4.69, 9.17) is 0 Å². The molecule has 0 aromatic rings. The summed E-state index contributed by atoms with van der Waals surface area (Å²) < 4.78 is 4.41. The first-order valence-corrected chi connectivity index (χ1v) is 9.34. The summed E-state index contributed by atoms with van der Waals surface area (Å²) in [6.07, 6.45) is 10.6. The highest BCUT2D eigenvalue weighted by Gasteiger charge is 2.61. The SMILES string of the molecule is C=[N+]=C1CCC2C3CC[C@@H]4CC(=O)CC[C@]4(C)C3CC[C@]12C. The molecule has 2 heteroatoms. The van der Waals surface area contributed by atoms with Crippen LogP contribution in [0.25, 0.3) is 0 Å². The van der Waals surface area contributed by atoms with E-state index in [0.717, 1.165) is 37.0 Å². The largest absolute Gasteiger partial charge is 0.300 e. The Labute approximate surface area is 134 Å². The molecule has 2 nitrogen and oxygen atoms in total. The quantitative estimate of drug-likeness (QED) is 0.494. The van der Waals surface area contributed by atoms with Gasteiger partial charge in [-0.25, -0.2) is 0 Å². The minimum Gasteiger partial charge on any atom is -0.300 e. The fourth-order valence-corrected chi connectivity index (χ4v) is 7.09. The maximum atomic E-state index is 11.9. The lowest BCUT2D eigenvalue weighted by atomic mass is 9.45. The smallest absolute Gasteiger partial charge is 0.285 e. The standard InChI is InChI=1S/C20H30NO/c1-19-10-8-14(22)12-13(19)4-5-15-16-6-7-18(21-3)20(16,2)11-9-17(15)19/h13,15-17H,3-12H2,1-2H3/q+1/t13-,15?,16?,17?,19+,20+/m1/s1. The molecule has 120 valence electrons. The monoisotopic (exact) mass is 300 g/mol. The van der Waals surface area contributed by atoms with Crippen LogP contribution in [0.15, 0.2) is 0 Å². The minimum absolute atomic E-state index is 0.330. The number of fused-ring (bicyclic) bond motifs is 5. The summed E-state index contributed by atoms with van der Waals surface area (Å²) in [5.41, 5.74) is 2.15. The topological polar surface area (TPSA) is 31.2 Å². The lowest BCUT2D eigenvalue weighted by Gasteiger charge is -2.58. The van der Waals surface area contributed by atoms with E-state index in [9.17, 15) is 4.79 Å². The van der Waals surface area contributed by atoms with Gasteiger partial charge in [-0.05, 0) is 74.5 Å². The van der Waals surface area contributed by atoms with Crippen molar-refractivity contribution in [2.75, 3.05) is 0 Å². The molecule has 0 amide bonds. The Morgan fingerprint density at radius 1 is 1.05 bits per heavy atom. The number of rotatable bonds is 0. The van der Waals surface area contributed by atoms with E-state index >= 15 is 0 Å². The Morgan fingerprint density at radius 2 is 1.86 bits per heavy atom. The van der Waals surface area contributed by atoms with E-state index in [1.165, 1.54) is 44.2 Å². The summed E-state index contributed by atoms with van der Waals surface area (Å²) in [4.78, 5) is 11.9. The van der Waals surface area contributed by atoms with Crippen LogP contribution in [0.1, 0.15) is 71.6 Å². The average Bonchev–Trinajstić information content (AvgIpc) is 2.84. The fourth-order valence-electron chi connectivity index (χ4n) is 7.09. The third-order valence-electron chi connectivity index (χ3n) is 8.41. The van der Waals surface area contributed by atoms with E-state index in [1.54, 1.807) is 0 Å². The maximum absolute atomic E-state index is 11.9. The van der Waals surface area contributed by atoms with Crippen LogP contribution in [0, 0.1) is 34.5 Å². The second kappa shape index (κ2) is 4.81. The zero-order valence-electron chi connectivity index (χ0n) is 14.2. The molecule has 0 bridgehead atoms. The molecule has 0 aromatic heterocycles. The third kappa shape index (κ3) is 1.80. The fraction of sp³-hybridized carbons (Fsp3) is 0.850. The Kier molecular flexibility index (Phi) is 3.21. The molecule has 4 aliphatic rings. The molecule has 0 saturated heterocycles. The minimum atomic E-state index is 0.330. The van der Waals surface area contributed by atoms with E-state index in [1.807, 2.05) is 0 Å². The molecule has 0 heterocycles. The summed E-state index contributed by atoms with van der Waals surface area (Å²) >= 11 is 0. The summed E-state index contributed by atoms with van der Waals surface area (Å²) in [6, 6.07) is 0. The molecule has 0 radical (unpaired) electrons. The Balaban J connectivity index is 1.66. The van der Waals surface area contributed by atoms with Crippen molar-refractivity contribution in [1.29, 1.82) is 0 Å². The van der Waals surface area contributed by atoms with Crippen LogP contribution >= 0.6 is 0 Å². The molecule has 0 aromatic carbocycles. The van der Waals surface area contributed by atoms with Crippen molar-refractivity contribution >= 4 is 18.2 Å². The van der Waals surface area contributed by atoms with E-state index in [2.05, 4.69) is 25.2 Å².